The van der Waals surface area contributed by atoms with Gasteiger partial charge in [-0.2, -0.15) is 0 Å². The smallest absolute Gasteiger partial charge is 0.135 e. The van der Waals surface area contributed by atoms with Crippen molar-refractivity contribution in [2.24, 2.45) is 0 Å². The van der Waals surface area contributed by atoms with Gasteiger partial charge in [0.2, 0.25) is 0 Å². The molecule has 0 saturated carbocycles. The van der Waals surface area contributed by atoms with Crippen LogP contribution in [-0.4, -0.2) is 8.07 Å². The molecule has 0 fully saturated rings. The number of hydrogen-bond donors (Lipinski definition) is 0. The summed E-state index contributed by atoms with van der Waals surface area (Å²) in [5.41, 5.74) is 12.8. The number of benzene rings is 12. The Bertz CT molecular complexity index is 4540. The normalized spacial score (nSPS) is 13.0. The van der Waals surface area contributed by atoms with Gasteiger partial charge >= 0.3 is 0 Å². The molecule has 0 spiro atoms. The predicted molar refractivity (Wildman–Crippen MR) is 303 cm³/mol. The summed E-state index contributed by atoms with van der Waals surface area (Å²) in [6.07, 6.45) is 0. The fourth-order valence-corrected chi connectivity index (χ4v) is 15.0. The van der Waals surface area contributed by atoms with E-state index in [9.17, 15) is 0 Å². The van der Waals surface area contributed by atoms with Crippen LogP contribution < -0.4 is 20.2 Å². The first-order valence-electron chi connectivity index (χ1n) is 24.5. The van der Waals surface area contributed by atoms with E-state index in [1.165, 1.54) is 64.6 Å². The zero-order valence-corrected chi connectivity index (χ0v) is 40.2. The van der Waals surface area contributed by atoms with Crippen molar-refractivity contribution in [1.29, 1.82) is 0 Å². The van der Waals surface area contributed by atoms with Crippen LogP contribution in [-0.2, 0) is 0 Å². The van der Waals surface area contributed by atoms with Crippen molar-refractivity contribution in [3.63, 3.8) is 0 Å². The number of furan rings is 2. The number of para-hydroxylation sites is 2. The minimum absolute atomic E-state index is 0.887. The summed E-state index contributed by atoms with van der Waals surface area (Å²) in [4.78, 5) is 4.84. The first-order valence-corrected chi connectivity index (χ1v) is 27.5. The van der Waals surface area contributed by atoms with Crippen molar-refractivity contribution in [2.45, 2.75) is 13.1 Å². The van der Waals surface area contributed by atoms with Gasteiger partial charge < -0.3 is 18.6 Å². The van der Waals surface area contributed by atoms with Crippen LogP contribution in [0.1, 0.15) is 0 Å². The van der Waals surface area contributed by atoms with Gasteiger partial charge in [-0.05, 0) is 168 Å². The van der Waals surface area contributed by atoms with E-state index in [0.717, 1.165) is 78.0 Å². The third-order valence-corrected chi connectivity index (χ3v) is 18.9. The molecule has 1 aliphatic heterocycles. The fourth-order valence-electron chi connectivity index (χ4n) is 11.9. The summed E-state index contributed by atoms with van der Waals surface area (Å²) >= 11 is 0. The Morgan fingerprint density at radius 3 is 1.31 bits per heavy atom. The van der Waals surface area contributed by atoms with Crippen LogP contribution in [0.2, 0.25) is 13.1 Å². The summed E-state index contributed by atoms with van der Waals surface area (Å²) in [5, 5.41) is 17.4. The highest BCUT2D eigenvalue weighted by Gasteiger charge is 2.37. The van der Waals surface area contributed by atoms with Crippen LogP contribution >= 0.6 is 0 Å². The average molecular weight is 925 g/mol. The SMILES string of the molecule is C[Si]1(C)c2cc(N(c3ccc4ccccc4c3)c3ccc4oc5ccccc5c4c3)ccc2-c2cc3ccc(N(c4ccc5ccccc5c4)c4ccc5oc6ccccc6c5c4)cc3c3cccc1c23. The quantitative estimate of drug-likeness (QED) is 0.123. The molecule has 0 N–H and O–H groups in total. The maximum absolute atomic E-state index is 6.33. The lowest BCUT2D eigenvalue weighted by Crippen LogP contribution is -2.56. The highest BCUT2D eigenvalue weighted by atomic mass is 28.3. The van der Waals surface area contributed by atoms with E-state index in [2.05, 4.69) is 241 Å². The summed E-state index contributed by atoms with van der Waals surface area (Å²) in [6, 6.07) is 84.6. The zero-order valence-electron chi connectivity index (χ0n) is 39.2. The Balaban J connectivity index is 0.906. The Morgan fingerprint density at radius 1 is 0.282 bits per heavy atom. The molecule has 0 atom stereocenters. The fraction of sp³-hybridized carbons (Fsp3) is 0.0303. The van der Waals surface area contributed by atoms with Crippen molar-refractivity contribution in [3.05, 3.63) is 231 Å². The summed E-state index contributed by atoms with van der Waals surface area (Å²) in [6.45, 7) is 5.07. The third-order valence-electron chi connectivity index (χ3n) is 15.3. The van der Waals surface area contributed by atoms with Gasteiger partial charge in [0.1, 0.15) is 30.4 Å². The van der Waals surface area contributed by atoms with Gasteiger partial charge in [0.15, 0.2) is 0 Å². The summed E-state index contributed by atoms with van der Waals surface area (Å²) in [7, 11) is -2.31. The van der Waals surface area contributed by atoms with Gasteiger partial charge in [0, 0.05) is 55.7 Å². The largest absolute Gasteiger partial charge is 0.456 e. The molecule has 71 heavy (non-hydrogen) atoms. The van der Waals surface area contributed by atoms with Crippen LogP contribution in [0, 0.1) is 0 Å². The van der Waals surface area contributed by atoms with Crippen LogP contribution in [0.25, 0.3) is 98.1 Å². The van der Waals surface area contributed by atoms with E-state index < -0.39 is 8.07 Å². The van der Waals surface area contributed by atoms with E-state index >= 15 is 0 Å². The predicted octanol–water partition coefficient (Wildman–Crippen LogP) is 17.8. The molecule has 0 amide bonds. The maximum Gasteiger partial charge on any atom is 0.135 e. The highest BCUT2D eigenvalue weighted by molar-refractivity contribution is 7.03. The van der Waals surface area contributed by atoms with Crippen molar-refractivity contribution in [1.82, 2.24) is 0 Å². The van der Waals surface area contributed by atoms with Crippen LogP contribution in [0.15, 0.2) is 239 Å². The second-order valence-corrected chi connectivity index (χ2v) is 24.0. The maximum atomic E-state index is 6.33. The minimum Gasteiger partial charge on any atom is -0.456 e. The van der Waals surface area contributed by atoms with Gasteiger partial charge in [-0.3, -0.25) is 0 Å². The van der Waals surface area contributed by atoms with Gasteiger partial charge in [-0.15, -0.1) is 0 Å². The summed E-state index contributed by atoms with van der Waals surface area (Å²) < 4.78 is 12.6. The lowest BCUT2D eigenvalue weighted by Gasteiger charge is -2.36. The molecular formula is C66H44N2O2Si. The molecule has 14 aromatic rings. The molecule has 3 heterocycles. The monoisotopic (exact) mass is 924 g/mol. The topological polar surface area (TPSA) is 32.8 Å². The van der Waals surface area contributed by atoms with Crippen LogP contribution in [0.4, 0.5) is 34.1 Å². The molecule has 0 aliphatic carbocycles. The molecule has 2 aromatic heterocycles. The lowest BCUT2D eigenvalue weighted by molar-refractivity contribution is 0.668. The molecule has 5 heteroatoms. The van der Waals surface area contributed by atoms with E-state index in [0.29, 0.717) is 0 Å². The molecular weight excluding hydrogens is 881 g/mol. The standard InChI is InChI=1S/C66H44N2O2Si/c1-71(2)64-21-11-18-55-56-37-48(67(46-25-22-41-12-3-5-14-43(41)34-46)49-29-32-62-57(38-49)52-16-7-9-19-60(52)69-62)27-24-45(56)36-59(66(55)64)54-31-28-51(40-65(54)71)68(47-26-23-42-13-4-6-15-44(42)35-47)50-30-33-63-58(39-50)53-17-8-10-20-61(53)70-63/h3-40H,1-2H3. The van der Waals surface area contributed by atoms with E-state index in [1.54, 1.807) is 0 Å². The number of hydrogen-bond acceptors (Lipinski definition) is 4. The molecule has 15 rings (SSSR count). The first kappa shape index (κ1) is 40.0. The second kappa shape index (κ2) is 15.0. The first-order chi connectivity index (χ1) is 34.9. The van der Waals surface area contributed by atoms with E-state index in [-0.39, 0.29) is 0 Å². The van der Waals surface area contributed by atoms with E-state index in [1.807, 2.05) is 12.1 Å². The van der Waals surface area contributed by atoms with Gasteiger partial charge in [-0.1, -0.05) is 140 Å². The van der Waals surface area contributed by atoms with Gasteiger partial charge in [0.05, 0.1) is 0 Å². The lowest BCUT2D eigenvalue weighted by atomic mass is 9.92. The van der Waals surface area contributed by atoms with Crippen molar-refractivity contribution >= 4 is 140 Å². The van der Waals surface area contributed by atoms with Gasteiger partial charge in [-0.25, -0.2) is 0 Å². The molecule has 334 valence electrons. The number of anilines is 6. The third kappa shape index (κ3) is 6.10. The molecule has 1 aliphatic rings. The number of rotatable bonds is 6. The number of fused-ring (bicyclic) bond motifs is 12. The van der Waals surface area contributed by atoms with Crippen molar-refractivity contribution < 1.29 is 8.83 Å². The molecule has 0 saturated heterocycles. The molecule has 0 unspecified atom stereocenters. The molecule has 4 nitrogen and oxygen atoms in total. The molecule has 12 aromatic carbocycles. The van der Waals surface area contributed by atoms with Crippen molar-refractivity contribution in [3.8, 4) is 11.1 Å². The highest BCUT2D eigenvalue weighted by Crippen LogP contribution is 2.46. The molecule has 0 radical (unpaired) electrons. The Hall–Kier alpha value is -8.90. The Labute approximate surface area is 410 Å². The Kier molecular flexibility index (Phi) is 8.48. The minimum atomic E-state index is -2.31. The van der Waals surface area contributed by atoms with Gasteiger partial charge in [0.25, 0.3) is 0 Å². The molecule has 0 bridgehead atoms. The van der Waals surface area contributed by atoms with Crippen molar-refractivity contribution in [2.75, 3.05) is 9.80 Å². The average Bonchev–Trinajstić information content (AvgIpc) is 3.98. The van der Waals surface area contributed by atoms with Crippen LogP contribution in [0.3, 0.4) is 0 Å². The number of nitrogens with zero attached hydrogens (tertiary/aromatic N) is 2. The summed E-state index contributed by atoms with van der Waals surface area (Å²) in [5.74, 6) is 0. The second-order valence-electron chi connectivity index (χ2n) is 19.7. The van der Waals surface area contributed by atoms with Crippen LogP contribution in [0.5, 0.6) is 0 Å². The Morgan fingerprint density at radius 2 is 0.718 bits per heavy atom. The van der Waals surface area contributed by atoms with E-state index in [4.69, 9.17) is 8.83 Å². The zero-order chi connectivity index (χ0) is 47.0.